The molecule has 0 aliphatic rings. The van der Waals surface area contributed by atoms with E-state index in [0.29, 0.717) is 5.56 Å². The van der Waals surface area contributed by atoms with Crippen LogP contribution in [0.3, 0.4) is 0 Å². The Bertz CT molecular complexity index is 448. The Hall–Kier alpha value is -0.597. The number of aromatic nitrogens is 1. The van der Waals surface area contributed by atoms with Crippen LogP contribution in [0.25, 0.3) is 11.1 Å². The average molecular weight is 318 g/mol. The van der Waals surface area contributed by atoms with E-state index >= 15 is 0 Å². The Morgan fingerprint density at radius 2 is 1.80 bits per heavy atom. The number of benzene rings is 1. The van der Waals surface area contributed by atoms with Crippen molar-refractivity contribution in [1.29, 1.82) is 0 Å². The molecule has 1 aromatic carbocycles. The average Bonchev–Trinajstić information content (AvgIpc) is 2.23. The fourth-order valence-electron chi connectivity index (χ4n) is 1.32. The van der Waals surface area contributed by atoms with E-state index in [-0.39, 0.29) is 22.8 Å². The minimum absolute atomic E-state index is 0. The van der Waals surface area contributed by atoms with Gasteiger partial charge in [0.15, 0.2) is 0 Å². The van der Waals surface area contributed by atoms with Crippen molar-refractivity contribution in [1.82, 2.24) is 4.98 Å². The summed E-state index contributed by atoms with van der Waals surface area (Å²) in [5, 5.41) is 0. The molecule has 0 radical (unpaired) electrons. The molecule has 2 aromatic rings. The molecule has 0 saturated carbocycles. The van der Waals surface area contributed by atoms with Crippen molar-refractivity contribution in [3.8, 4) is 11.1 Å². The van der Waals surface area contributed by atoms with Crippen molar-refractivity contribution in [2.45, 2.75) is 0 Å². The second-order valence-electron chi connectivity index (χ2n) is 3.02. The second kappa shape index (κ2) is 5.48. The van der Waals surface area contributed by atoms with Gasteiger partial charge in [-0.15, -0.1) is 17.0 Å². The molecular weight excluding hydrogens is 310 g/mol. The molecule has 15 heavy (non-hydrogen) atoms. The van der Waals surface area contributed by atoms with E-state index in [0.717, 1.165) is 28.2 Å². The predicted octanol–water partition coefficient (Wildman–Crippen LogP) is 2.64. The van der Waals surface area contributed by atoms with Gasteiger partial charge in [0.2, 0.25) is 0 Å². The minimum atomic E-state index is -0.256. The van der Waals surface area contributed by atoms with E-state index in [2.05, 4.69) is 4.98 Å². The van der Waals surface area contributed by atoms with Crippen molar-refractivity contribution < 1.29 is 22.7 Å². The Labute approximate surface area is 108 Å². The molecule has 73 valence electrons. The van der Waals surface area contributed by atoms with Crippen molar-refractivity contribution in [3.05, 3.63) is 48.4 Å². The summed E-state index contributed by atoms with van der Waals surface area (Å²) in [5.74, 6) is -0.256. The third kappa shape index (κ3) is 2.93. The first-order valence-corrected chi connectivity index (χ1v) is 5.78. The van der Waals surface area contributed by atoms with Crippen LogP contribution >= 0.6 is 17.0 Å². The number of hydrogen-bond acceptors (Lipinski definition) is 1. The molecule has 0 N–H and O–H groups in total. The molecule has 1 aromatic heterocycles. The standard InChI is InChI=1S/C11H7FN.BrH.Zn/c12-11-8-13-7-6-10(11)9-4-2-1-3-5-9;;/h1-6,8H;1H;. The predicted molar refractivity (Wildman–Crippen MR) is 59.6 cm³/mol. The third-order valence-electron chi connectivity index (χ3n) is 2.00. The quantitative estimate of drug-likeness (QED) is 0.737. The van der Waals surface area contributed by atoms with Crippen LogP contribution in [0.15, 0.2) is 42.6 Å². The summed E-state index contributed by atoms with van der Waals surface area (Å²) >= 11 is 0.945. The van der Waals surface area contributed by atoms with Crippen molar-refractivity contribution in [3.63, 3.8) is 0 Å². The monoisotopic (exact) mass is 316 g/mol. The third-order valence-corrected chi connectivity index (χ3v) is 2.81. The number of nitrogens with zero attached hydrogens (tertiary/aromatic N) is 1. The molecule has 0 bridgehead atoms. The van der Waals surface area contributed by atoms with Crippen LogP contribution in [0.2, 0.25) is 0 Å². The second-order valence-corrected chi connectivity index (χ2v) is 4.54. The first kappa shape index (κ1) is 12.5. The van der Waals surface area contributed by atoms with Gasteiger partial charge < -0.3 is 0 Å². The molecule has 1 nitrogen and oxygen atoms in total. The molecule has 0 amide bonds. The summed E-state index contributed by atoms with van der Waals surface area (Å²) in [6.45, 7) is 0. The van der Waals surface area contributed by atoms with Gasteiger partial charge in [-0.2, -0.15) is 0 Å². The Morgan fingerprint density at radius 3 is 2.47 bits per heavy atom. The summed E-state index contributed by atoms with van der Waals surface area (Å²) in [7, 11) is 0. The molecule has 0 unspecified atom stereocenters. The van der Waals surface area contributed by atoms with E-state index < -0.39 is 0 Å². The molecule has 0 spiro atoms. The number of halogens is 2. The summed E-state index contributed by atoms with van der Waals surface area (Å²) in [5.41, 5.74) is 1.55. The fourth-order valence-corrected chi connectivity index (χ4v) is 1.94. The molecule has 0 aliphatic heterocycles. The molecule has 0 fully saturated rings. The van der Waals surface area contributed by atoms with Crippen LogP contribution in [-0.4, -0.2) is 4.98 Å². The maximum absolute atomic E-state index is 13.4. The van der Waals surface area contributed by atoms with E-state index in [1.165, 1.54) is 6.20 Å². The van der Waals surface area contributed by atoms with Crippen LogP contribution < -0.4 is 4.29 Å². The number of pyridine rings is 1. The zero-order valence-electron chi connectivity index (χ0n) is 7.98. The molecule has 0 aliphatic carbocycles. The molecule has 2 rings (SSSR count). The van der Waals surface area contributed by atoms with E-state index in [1.807, 2.05) is 36.4 Å². The van der Waals surface area contributed by atoms with E-state index in [1.54, 1.807) is 0 Å². The Balaban J connectivity index is 0.00000112. The fraction of sp³-hybridized carbons (Fsp3) is 0. The Morgan fingerprint density at radius 1 is 1.13 bits per heavy atom. The van der Waals surface area contributed by atoms with E-state index in [4.69, 9.17) is 0 Å². The van der Waals surface area contributed by atoms with Crippen molar-refractivity contribution in [2.75, 3.05) is 0 Å². The maximum atomic E-state index is 13.4. The number of hydrogen-bond donors (Lipinski definition) is 0. The SMILES string of the molecule is Br.Fc1cn[c]([Zn])cc1-c1ccccc1. The summed E-state index contributed by atoms with van der Waals surface area (Å²) in [4.78, 5) is 3.95. The van der Waals surface area contributed by atoms with Gasteiger partial charge >= 0.3 is 91.5 Å². The zero-order valence-corrected chi connectivity index (χ0v) is 12.7. The van der Waals surface area contributed by atoms with Crippen molar-refractivity contribution in [2.24, 2.45) is 0 Å². The molecule has 0 atom stereocenters. The topological polar surface area (TPSA) is 12.9 Å². The molecule has 0 saturated heterocycles. The first-order chi connectivity index (χ1) is 6.77. The van der Waals surface area contributed by atoms with Gasteiger partial charge in [-0.1, -0.05) is 0 Å². The van der Waals surface area contributed by atoms with Gasteiger partial charge in [0.1, 0.15) is 0 Å². The van der Waals surface area contributed by atoms with Gasteiger partial charge in [0.25, 0.3) is 0 Å². The van der Waals surface area contributed by atoms with Gasteiger partial charge in [0, 0.05) is 0 Å². The summed E-state index contributed by atoms with van der Waals surface area (Å²) < 4.78 is 14.4. The normalized spacial score (nSPS) is 9.53. The zero-order chi connectivity index (χ0) is 9.97. The summed E-state index contributed by atoms with van der Waals surface area (Å²) in [6, 6.07) is 11.3. The van der Waals surface area contributed by atoms with Crippen LogP contribution in [0, 0.1) is 5.82 Å². The van der Waals surface area contributed by atoms with E-state index in [9.17, 15) is 4.39 Å². The molecule has 4 heteroatoms. The first-order valence-electron chi connectivity index (χ1n) is 4.30. The molecular formula is C11H8BrFNZn. The Kier molecular flexibility index (Phi) is 4.55. The van der Waals surface area contributed by atoms with Crippen LogP contribution in [-0.2, 0) is 18.3 Å². The van der Waals surface area contributed by atoms with Crippen LogP contribution in [0.1, 0.15) is 0 Å². The van der Waals surface area contributed by atoms with Gasteiger partial charge in [0.05, 0.1) is 0 Å². The van der Waals surface area contributed by atoms with Gasteiger partial charge in [-0.05, 0) is 0 Å². The van der Waals surface area contributed by atoms with Crippen LogP contribution in [0.4, 0.5) is 4.39 Å². The van der Waals surface area contributed by atoms with Crippen molar-refractivity contribution >= 4 is 21.3 Å². The van der Waals surface area contributed by atoms with Gasteiger partial charge in [-0.3, -0.25) is 0 Å². The summed E-state index contributed by atoms with van der Waals surface area (Å²) in [6.07, 6.45) is 1.29. The van der Waals surface area contributed by atoms with Crippen LogP contribution in [0.5, 0.6) is 0 Å². The van der Waals surface area contributed by atoms with Gasteiger partial charge in [-0.25, -0.2) is 0 Å². The number of rotatable bonds is 1. The molecule has 1 heterocycles.